The molecule has 7 heteroatoms. The smallest absolute Gasteiger partial charge is 0.253 e. The fourth-order valence-electron chi connectivity index (χ4n) is 3.75. The minimum absolute atomic E-state index is 0.0284. The van der Waals surface area contributed by atoms with Gasteiger partial charge < -0.3 is 4.90 Å². The van der Waals surface area contributed by atoms with Crippen LogP contribution in [0, 0.1) is 0 Å². The molecule has 2 aromatic rings. The van der Waals surface area contributed by atoms with Gasteiger partial charge in [-0.2, -0.15) is 4.31 Å². The van der Waals surface area contributed by atoms with Crippen molar-refractivity contribution in [3.8, 4) is 0 Å². The molecule has 1 saturated carbocycles. The molecule has 5 nitrogen and oxygen atoms in total. The minimum atomic E-state index is -3.64. The monoisotopic (exact) mass is 434 g/mol. The summed E-state index contributed by atoms with van der Waals surface area (Å²) < 4.78 is 27.7. The fraction of sp³-hybridized carbons (Fsp3) is 0.409. The molecule has 1 aliphatic carbocycles. The zero-order valence-corrected chi connectivity index (χ0v) is 18.4. The van der Waals surface area contributed by atoms with Crippen LogP contribution in [0.1, 0.15) is 48.0 Å². The highest BCUT2D eigenvalue weighted by Gasteiger charge is 2.29. The summed E-state index contributed by atoms with van der Waals surface area (Å²) in [5.74, 6) is -0.225. The third-order valence-electron chi connectivity index (χ3n) is 5.53. The first kappa shape index (κ1) is 21.8. The van der Waals surface area contributed by atoms with E-state index in [4.69, 9.17) is 11.6 Å². The lowest BCUT2D eigenvalue weighted by Gasteiger charge is -2.30. The molecule has 0 atom stereocenters. The fourth-order valence-corrected chi connectivity index (χ4v) is 5.34. The molecule has 1 fully saturated rings. The standard InChI is InChI=1S/C22H27ClN2O3S/c1-24(16-17-11-13-19(23)14-12-17)22(26)18-7-6-10-21(15-18)29(27,28)25(2)20-8-4-3-5-9-20/h6-7,10-15,20H,3-5,8-9,16H2,1-2H3. The van der Waals surface area contributed by atoms with Gasteiger partial charge in [0, 0.05) is 37.3 Å². The lowest BCUT2D eigenvalue weighted by molar-refractivity contribution is 0.0785. The number of hydrogen-bond donors (Lipinski definition) is 0. The average Bonchev–Trinajstić information content (AvgIpc) is 2.75. The SMILES string of the molecule is CN(Cc1ccc(Cl)cc1)C(=O)c1cccc(S(=O)(=O)N(C)C2CCCCC2)c1. The summed E-state index contributed by atoms with van der Waals surface area (Å²) in [4.78, 5) is 14.6. The van der Waals surface area contributed by atoms with E-state index in [1.807, 2.05) is 12.1 Å². The van der Waals surface area contributed by atoms with Crippen molar-refractivity contribution < 1.29 is 13.2 Å². The molecule has 0 unspecified atom stereocenters. The van der Waals surface area contributed by atoms with Gasteiger partial charge in [-0.3, -0.25) is 4.79 Å². The van der Waals surface area contributed by atoms with Gasteiger partial charge in [-0.25, -0.2) is 8.42 Å². The lowest BCUT2D eigenvalue weighted by Crippen LogP contribution is -2.38. The summed E-state index contributed by atoms with van der Waals surface area (Å²) >= 11 is 5.91. The number of carbonyl (C=O) groups is 1. The quantitative estimate of drug-likeness (QED) is 0.669. The van der Waals surface area contributed by atoms with Crippen molar-refractivity contribution in [2.24, 2.45) is 0 Å². The minimum Gasteiger partial charge on any atom is -0.337 e. The second kappa shape index (κ2) is 9.28. The van der Waals surface area contributed by atoms with Crippen LogP contribution in [-0.4, -0.2) is 43.7 Å². The Labute approximate surface area is 178 Å². The van der Waals surface area contributed by atoms with Crippen LogP contribution < -0.4 is 0 Å². The highest BCUT2D eigenvalue weighted by molar-refractivity contribution is 7.89. The summed E-state index contributed by atoms with van der Waals surface area (Å²) in [6, 6.07) is 13.6. The van der Waals surface area contributed by atoms with Crippen LogP contribution in [0.4, 0.5) is 0 Å². The number of rotatable bonds is 6. The Balaban J connectivity index is 1.77. The van der Waals surface area contributed by atoms with Gasteiger partial charge >= 0.3 is 0 Å². The normalized spacial score (nSPS) is 15.4. The summed E-state index contributed by atoms with van der Waals surface area (Å²) in [5.41, 5.74) is 1.31. The van der Waals surface area contributed by atoms with Crippen molar-refractivity contribution in [1.82, 2.24) is 9.21 Å². The Hall–Kier alpha value is -1.89. The number of halogens is 1. The van der Waals surface area contributed by atoms with Gasteiger partial charge in [0.1, 0.15) is 0 Å². The van der Waals surface area contributed by atoms with Crippen LogP contribution in [0.5, 0.6) is 0 Å². The molecule has 0 saturated heterocycles. The van der Waals surface area contributed by atoms with Crippen molar-refractivity contribution in [3.05, 3.63) is 64.7 Å². The van der Waals surface area contributed by atoms with Crippen molar-refractivity contribution in [2.45, 2.75) is 49.6 Å². The molecule has 1 aliphatic rings. The van der Waals surface area contributed by atoms with Gasteiger partial charge in [0.05, 0.1) is 4.90 Å². The van der Waals surface area contributed by atoms with Gasteiger partial charge in [0.2, 0.25) is 10.0 Å². The molecule has 0 aromatic heterocycles. The van der Waals surface area contributed by atoms with Crippen LogP contribution in [0.25, 0.3) is 0 Å². The van der Waals surface area contributed by atoms with Crippen LogP contribution >= 0.6 is 11.6 Å². The largest absolute Gasteiger partial charge is 0.337 e. The Bertz CT molecular complexity index is 954. The molecule has 0 spiro atoms. The van der Waals surface area contributed by atoms with E-state index in [-0.39, 0.29) is 16.8 Å². The Morgan fingerprint density at radius 2 is 1.69 bits per heavy atom. The van der Waals surface area contributed by atoms with Crippen molar-refractivity contribution in [1.29, 1.82) is 0 Å². The molecule has 0 heterocycles. The Kier molecular flexibility index (Phi) is 6.98. The van der Waals surface area contributed by atoms with Crippen LogP contribution in [0.15, 0.2) is 53.4 Å². The zero-order valence-electron chi connectivity index (χ0n) is 16.8. The van der Waals surface area contributed by atoms with Crippen molar-refractivity contribution in [3.63, 3.8) is 0 Å². The topological polar surface area (TPSA) is 57.7 Å². The second-order valence-electron chi connectivity index (χ2n) is 7.63. The molecule has 1 amide bonds. The summed E-state index contributed by atoms with van der Waals surface area (Å²) in [7, 11) is -0.290. The van der Waals surface area contributed by atoms with E-state index < -0.39 is 10.0 Å². The van der Waals surface area contributed by atoms with E-state index in [9.17, 15) is 13.2 Å². The molecule has 156 valence electrons. The number of nitrogens with zero attached hydrogens (tertiary/aromatic N) is 2. The molecule has 3 rings (SSSR count). The number of carbonyl (C=O) groups excluding carboxylic acids is 1. The zero-order chi connectivity index (χ0) is 21.0. The Morgan fingerprint density at radius 1 is 1.03 bits per heavy atom. The molecule has 0 N–H and O–H groups in total. The van der Waals surface area contributed by atoms with E-state index in [0.717, 1.165) is 37.7 Å². The third kappa shape index (κ3) is 5.18. The second-order valence-corrected chi connectivity index (χ2v) is 10.1. The predicted octanol–water partition coefficient (Wildman–Crippen LogP) is 4.57. The van der Waals surface area contributed by atoms with Gasteiger partial charge in [-0.1, -0.05) is 49.1 Å². The van der Waals surface area contributed by atoms with E-state index in [1.165, 1.54) is 10.4 Å². The molecule has 2 aromatic carbocycles. The highest BCUT2D eigenvalue weighted by atomic mass is 35.5. The number of amides is 1. The van der Waals surface area contributed by atoms with Crippen LogP contribution in [-0.2, 0) is 16.6 Å². The number of sulfonamides is 1. The Morgan fingerprint density at radius 3 is 2.34 bits per heavy atom. The van der Waals surface area contributed by atoms with Crippen molar-refractivity contribution in [2.75, 3.05) is 14.1 Å². The maximum atomic E-state index is 13.1. The first-order chi connectivity index (χ1) is 13.8. The van der Waals surface area contributed by atoms with Crippen molar-refractivity contribution >= 4 is 27.5 Å². The molecule has 0 aliphatic heterocycles. The van der Waals surface area contributed by atoms with E-state index in [2.05, 4.69) is 0 Å². The first-order valence-corrected chi connectivity index (χ1v) is 11.7. The van der Waals surface area contributed by atoms with Gasteiger partial charge in [0.25, 0.3) is 5.91 Å². The highest BCUT2D eigenvalue weighted by Crippen LogP contribution is 2.27. The number of hydrogen-bond acceptors (Lipinski definition) is 3. The van der Waals surface area contributed by atoms with Crippen LogP contribution in [0.3, 0.4) is 0 Å². The van der Waals surface area contributed by atoms with Crippen LogP contribution in [0.2, 0.25) is 5.02 Å². The molecule has 0 bridgehead atoms. The lowest BCUT2D eigenvalue weighted by atomic mass is 9.96. The maximum absolute atomic E-state index is 13.1. The maximum Gasteiger partial charge on any atom is 0.253 e. The number of benzene rings is 2. The van der Waals surface area contributed by atoms with E-state index in [1.54, 1.807) is 49.3 Å². The van der Waals surface area contributed by atoms with Gasteiger partial charge in [-0.15, -0.1) is 0 Å². The summed E-state index contributed by atoms with van der Waals surface area (Å²) in [5, 5.41) is 0.641. The summed E-state index contributed by atoms with van der Waals surface area (Å²) in [6.07, 6.45) is 5.04. The van der Waals surface area contributed by atoms with Gasteiger partial charge in [0.15, 0.2) is 0 Å². The van der Waals surface area contributed by atoms with Gasteiger partial charge in [-0.05, 0) is 48.7 Å². The average molecular weight is 435 g/mol. The molecular formula is C22H27ClN2O3S. The first-order valence-electron chi connectivity index (χ1n) is 9.87. The molecule has 29 heavy (non-hydrogen) atoms. The predicted molar refractivity (Wildman–Crippen MR) is 116 cm³/mol. The summed E-state index contributed by atoms with van der Waals surface area (Å²) in [6.45, 7) is 0.412. The molecular weight excluding hydrogens is 408 g/mol. The third-order valence-corrected chi connectivity index (χ3v) is 7.68. The molecule has 0 radical (unpaired) electrons. The van der Waals surface area contributed by atoms with E-state index >= 15 is 0 Å². The van der Waals surface area contributed by atoms with E-state index in [0.29, 0.717) is 17.1 Å².